The van der Waals surface area contributed by atoms with E-state index in [2.05, 4.69) is 48.7 Å². The molecule has 1 heterocycles. The third-order valence-electron chi connectivity index (χ3n) is 3.09. The summed E-state index contributed by atoms with van der Waals surface area (Å²) >= 11 is 9.73. The molecule has 1 aromatic heterocycles. The molecule has 0 fully saturated rings. The summed E-state index contributed by atoms with van der Waals surface area (Å²) in [4.78, 5) is 8.41. The van der Waals surface area contributed by atoms with Crippen LogP contribution < -0.4 is 10.6 Å². The molecule has 106 valence electrons. The predicted molar refractivity (Wildman–Crippen MR) is 91.5 cm³/mol. The largest absolute Gasteiger partial charge is 0.357 e. The van der Waals surface area contributed by atoms with Crippen LogP contribution in [0.1, 0.15) is 0 Å². The minimum atomic E-state index is 0.473. The first-order valence-corrected chi connectivity index (χ1v) is 7.50. The smallest absolute Gasteiger partial charge is 0.224 e. The van der Waals surface area contributed by atoms with Crippen LogP contribution in [-0.2, 0) is 0 Å². The van der Waals surface area contributed by atoms with Crippen molar-refractivity contribution in [3.63, 3.8) is 0 Å². The number of nitrogens with one attached hydrogen (secondary N) is 2. The SMILES string of the molecule is CNc1ncc(Cl)c(Nc2ccc(Br)c3ccccc23)n1. The molecule has 0 saturated carbocycles. The van der Waals surface area contributed by atoms with Gasteiger partial charge < -0.3 is 10.6 Å². The van der Waals surface area contributed by atoms with Crippen LogP contribution in [0.15, 0.2) is 47.1 Å². The summed E-state index contributed by atoms with van der Waals surface area (Å²) < 4.78 is 1.05. The second kappa shape index (κ2) is 5.87. The van der Waals surface area contributed by atoms with E-state index in [9.17, 15) is 0 Å². The Morgan fingerprint density at radius 2 is 1.86 bits per heavy atom. The van der Waals surface area contributed by atoms with Gasteiger partial charge in [0.2, 0.25) is 5.95 Å². The van der Waals surface area contributed by atoms with Crippen molar-refractivity contribution in [2.45, 2.75) is 0 Å². The maximum atomic E-state index is 6.16. The van der Waals surface area contributed by atoms with E-state index in [-0.39, 0.29) is 0 Å². The standard InChI is InChI=1S/C15H12BrClN4/c1-18-15-19-8-12(17)14(21-15)20-13-7-6-11(16)9-4-2-3-5-10(9)13/h2-8H,1H3,(H2,18,19,20,21). The molecule has 0 unspecified atom stereocenters. The first-order chi connectivity index (χ1) is 10.2. The number of hydrogen-bond acceptors (Lipinski definition) is 4. The number of halogens is 2. The van der Waals surface area contributed by atoms with Crippen molar-refractivity contribution in [2.24, 2.45) is 0 Å². The van der Waals surface area contributed by atoms with Gasteiger partial charge in [-0.1, -0.05) is 51.8 Å². The summed E-state index contributed by atoms with van der Waals surface area (Å²) in [5.74, 6) is 1.09. The lowest BCUT2D eigenvalue weighted by molar-refractivity contribution is 1.15. The van der Waals surface area contributed by atoms with Crippen LogP contribution in [0.3, 0.4) is 0 Å². The predicted octanol–water partition coefficient (Wildman–Crippen LogP) is 4.83. The molecule has 0 spiro atoms. The monoisotopic (exact) mass is 362 g/mol. The molecule has 0 amide bonds. The Morgan fingerprint density at radius 1 is 1.10 bits per heavy atom. The first-order valence-electron chi connectivity index (χ1n) is 6.33. The second-order valence-corrected chi connectivity index (χ2v) is 5.67. The lowest BCUT2D eigenvalue weighted by atomic mass is 10.1. The van der Waals surface area contributed by atoms with Gasteiger partial charge in [0.05, 0.1) is 6.20 Å². The van der Waals surface area contributed by atoms with Crippen LogP contribution >= 0.6 is 27.5 Å². The molecule has 3 rings (SSSR count). The lowest BCUT2D eigenvalue weighted by Gasteiger charge is -2.12. The molecular formula is C15H12BrClN4. The highest BCUT2D eigenvalue weighted by Crippen LogP contribution is 2.33. The quantitative estimate of drug-likeness (QED) is 0.699. The second-order valence-electron chi connectivity index (χ2n) is 4.41. The van der Waals surface area contributed by atoms with Crippen molar-refractivity contribution in [2.75, 3.05) is 17.7 Å². The molecule has 0 aliphatic heterocycles. The van der Waals surface area contributed by atoms with Crippen LogP contribution in [0.5, 0.6) is 0 Å². The van der Waals surface area contributed by atoms with Gasteiger partial charge in [-0.25, -0.2) is 4.98 Å². The van der Waals surface area contributed by atoms with Crippen molar-refractivity contribution >= 4 is 55.8 Å². The van der Waals surface area contributed by atoms with Crippen LogP contribution in [0.25, 0.3) is 10.8 Å². The molecule has 2 N–H and O–H groups in total. The van der Waals surface area contributed by atoms with Crippen LogP contribution in [0.2, 0.25) is 5.02 Å². The average Bonchev–Trinajstić information content (AvgIpc) is 2.52. The minimum absolute atomic E-state index is 0.473. The highest BCUT2D eigenvalue weighted by atomic mass is 79.9. The number of hydrogen-bond donors (Lipinski definition) is 2. The van der Waals surface area contributed by atoms with E-state index in [1.54, 1.807) is 13.2 Å². The fraction of sp³-hybridized carbons (Fsp3) is 0.0667. The summed E-state index contributed by atoms with van der Waals surface area (Å²) in [6.07, 6.45) is 1.57. The molecule has 3 aromatic rings. The van der Waals surface area contributed by atoms with E-state index < -0.39 is 0 Å². The van der Waals surface area contributed by atoms with Crippen molar-refractivity contribution in [1.82, 2.24) is 9.97 Å². The topological polar surface area (TPSA) is 49.8 Å². The molecule has 0 aliphatic rings. The number of aromatic nitrogens is 2. The third kappa shape index (κ3) is 2.80. The number of benzene rings is 2. The van der Waals surface area contributed by atoms with Gasteiger partial charge in [-0.15, -0.1) is 0 Å². The number of anilines is 3. The zero-order chi connectivity index (χ0) is 14.8. The Balaban J connectivity index is 2.08. The Kier molecular flexibility index (Phi) is 3.94. The lowest BCUT2D eigenvalue weighted by Crippen LogP contribution is -2.01. The number of nitrogens with zero attached hydrogens (tertiary/aromatic N) is 2. The summed E-state index contributed by atoms with van der Waals surface area (Å²) in [5, 5.41) is 8.86. The Morgan fingerprint density at radius 3 is 2.62 bits per heavy atom. The van der Waals surface area contributed by atoms with E-state index in [1.807, 2.05) is 24.3 Å². The molecule has 0 atom stereocenters. The molecule has 2 aromatic carbocycles. The van der Waals surface area contributed by atoms with Crippen molar-refractivity contribution < 1.29 is 0 Å². The summed E-state index contributed by atoms with van der Waals surface area (Å²) in [6, 6.07) is 12.1. The van der Waals surface area contributed by atoms with Crippen molar-refractivity contribution in [3.8, 4) is 0 Å². The average molecular weight is 364 g/mol. The maximum absolute atomic E-state index is 6.16. The molecule has 0 radical (unpaired) electrons. The summed E-state index contributed by atoms with van der Waals surface area (Å²) in [7, 11) is 1.77. The zero-order valence-electron chi connectivity index (χ0n) is 11.2. The molecule has 21 heavy (non-hydrogen) atoms. The van der Waals surface area contributed by atoms with Gasteiger partial charge in [-0.3, -0.25) is 0 Å². The van der Waals surface area contributed by atoms with E-state index in [4.69, 9.17) is 11.6 Å². The molecule has 6 heteroatoms. The van der Waals surface area contributed by atoms with Gasteiger partial charge in [0.1, 0.15) is 5.02 Å². The number of rotatable bonds is 3. The van der Waals surface area contributed by atoms with Gasteiger partial charge >= 0.3 is 0 Å². The van der Waals surface area contributed by atoms with E-state index >= 15 is 0 Å². The highest BCUT2D eigenvalue weighted by Gasteiger charge is 2.08. The Bertz CT molecular complexity index is 807. The van der Waals surface area contributed by atoms with Crippen LogP contribution in [0.4, 0.5) is 17.5 Å². The van der Waals surface area contributed by atoms with E-state index in [1.165, 1.54) is 0 Å². The third-order valence-corrected chi connectivity index (χ3v) is 4.06. The minimum Gasteiger partial charge on any atom is -0.357 e. The van der Waals surface area contributed by atoms with Gasteiger partial charge in [0.25, 0.3) is 0 Å². The van der Waals surface area contributed by atoms with E-state index in [0.717, 1.165) is 20.9 Å². The fourth-order valence-electron chi connectivity index (χ4n) is 2.07. The van der Waals surface area contributed by atoms with Crippen LogP contribution in [-0.4, -0.2) is 17.0 Å². The molecule has 0 aliphatic carbocycles. The highest BCUT2D eigenvalue weighted by molar-refractivity contribution is 9.10. The van der Waals surface area contributed by atoms with Crippen molar-refractivity contribution in [1.29, 1.82) is 0 Å². The molecule has 0 saturated heterocycles. The van der Waals surface area contributed by atoms with Gasteiger partial charge in [-0.2, -0.15) is 4.98 Å². The van der Waals surface area contributed by atoms with Crippen LogP contribution in [0, 0.1) is 0 Å². The van der Waals surface area contributed by atoms with Gasteiger partial charge in [-0.05, 0) is 17.5 Å². The van der Waals surface area contributed by atoms with Gasteiger partial charge in [0.15, 0.2) is 5.82 Å². The molecular weight excluding hydrogens is 352 g/mol. The summed E-state index contributed by atoms with van der Waals surface area (Å²) in [6.45, 7) is 0. The molecule has 0 bridgehead atoms. The first kappa shape index (κ1) is 14.1. The fourth-order valence-corrected chi connectivity index (χ4v) is 2.69. The zero-order valence-corrected chi connectivity index (χ0v) is 13.5. The Labute approximate surface area is 135 Å². The van der Waals surface area contributed by atoms with Crippen molar-refractivity contribution in [3.05, 3.63) is 52.1 Å². The number of fused-ring (bicyclic) bond motifs is 1. The summed E-state index contributed by atoms with van der Waals surface area (Å²) in [5.41, 5.74) is 0.941. The normalized spacial score (nSPS) is 10.6. The Hall–Kier alpha value is -1.85. The van der Waals surface area contributed by atoms with E-state index in [0.29, 0.717) is 16.8 Å². The van der Waals surface area contributed by atoms with Gasteiger partial charge in [0, 0.05) is 22.6 Å². The maximum Gasteiger partial charge on any atom is 0.224 e. The molecule has 4 nitrogen and oxygen atoms in total.